The average Bonchev–Trinajstić information content (AvgIpc) is 3.00. The maximum atomic E-state index is 6.01. The minimum atomic E-state index is 0.260. The number of rotatable bonds is 8. The van der Waals surface area contributed by atoms with Gasteiger partial charge < -0.3 is 14.8 Å². The van der Waals surface area contributed by atoms with Gasteiger partial charge in [-0.1, -0.05) is 31.9 Å². The number of hydrogen-bond donors (Lipinski definition) is 1. The molecule has 1 aromatic rings. The van der Waals surface area contributed by atoms with Gasteiger partial charge in [0.25, 0.3) is 0 Å². The van der Waals surface area contributed by atoms with Crippen molar-refractivity contribution in [2.24, 2.45) is 0 Å². The van der Waals surface area contributed by atoms with Gasteiger partial charge in [-0.3, -0.25) is 0 Å². The molecule has 1 saturated carbocycles. The molecule has 0 aliphatic heterocycles. The van der Waals surface area contributed by atoms with Crippen LogP contribution in [-0.2, 0) is 4.74 Å². The first-order valence-electron chi connectivity index (χ1n) is 7.85. The second kappa shape index (κ2) is 8.28. The van der Waals surface area contributed by atoms with Crippen LogP contribution in [0.5, 0.6) is 5.75 Å². The van der Waals surface area contributed by atoms with Crippen molar-refractivity contribution in [3.63, 3.8) is 0 Å². The Kier molecular flexibility index (Phi) is 6.34. The standard InChI is InChI=1S/C17H27NO2/c1-3-12-19-16-10-8-14(9-11-16)17(18-2)13-20-15-6-4-5-7-15/h8-11,15,17-18H,3-7,12-13H2,1-2H3. The van der Waals surface area contributed by atoms with E-state index in [0.29, 0.717) is 6.10 Å². The molecule has 112 valence electrons. The van der Waals surface area contributed by atoms with E-state index in [9.17, 15) is 0 Å². The van der Waals surface area contributed by atoms with E-state index in [1.54, 1.807) is 0 Å². The first-order chi connectivity index (χ1) is 9.83. The Bertz CT molecular complexity index is 371. The van der Waals surface area contributed by atoms with Crippen LogP contribution in [0.4, 0.5) is 0 Å². The molecule has 1 aliphatic rings. The van der Waals surface area contributed by atoms with Crippen LogP contribution in [0.25, 0.3) is 0 Å². The van der Waals surface area contributed by atoms with Gasteiger partial charge in [-0.05, 0) is 44.0 Å². The quantitative estimate of drug-likeness (QED) is 0.786. The summed E-state index contributed by atoms with van der Waals surface area (Å²) in [4.78, 5) is 0. The van der Waals surface area contributed by atoms with Crippen LogP contribution in [0.3, 0.4) is 0 Å². The molecule has 3 nitrogen and oxygen atoms in total. The molecule has 0 aromatic heterocycles. The molecule has 1 N–H and O–H groups in total. The lowest BCUT2D eigenvalue weighted by Gasteiger charge is -2.20. The SMILES string of the molecule is CCCOc1ccc(C(COC2CCCC2)NC)cc1. The van der Waals surface area contributed by atoms with Crippen LogP contribution in [-0.4, -0.2) is 26.4 Å². The summed E-state index contributed by atoms with van der Waals surface area (Å²) in [6.07, 6.45) is 6.59. The van der Waals surface area contributed by atoms with Crippen molar-refractivity contribution >= 4 is 0 Å². The summed E-state index contributed by atoms with van der Waals surface area (Å²) in [5.74, 6) is 0.946. The van der Waals surface area contributed by atoms with Crippen molar-refractivity contribution in [1.82, 2.24) is 5.32 Å². The fourth-order valence-electron chi connectivity index (χ4n) is 2.65. The predicted molar refractivity (Wildman–Crippen MR) is 82.2 cm³/mol. The van der Waals surface area contributed by atoms with E-state index in [1.165, 1.54) is 31.2 Å². The monoisotopic (exact) mass is 277 g/mol. The maximum Gasteiger partial charge on any atom is 0.119 e. The Morgan fingerprint density at radius 3 is 2.50 bits per heavy atom. The van der Waals surface area contributed by atoms with Gasteiger partial charge in [-0.2, -0.15) is 0 Å². The minimum Gasteiger partial charge on any atom is -0.494 e. The van der Waals surface area contributed by atoms with Crippen molar-refractivity contribution in [3.8, 4) is 5.75 Å². The lowest BCUT2D eigenvalue weighted by molar-refractivity contribution is 0.0438. The van der Waals surface area contributed by atoms with E-state index in [4.69, 9.17) is 9.47 Å². The van der Waals surface area contributed by atoms with Crippen LogP contribution in [0.2, 0.25) is 0 Å². The molecule has 0 spiro atoms. The highest BCUT2D eigenvalue weighted by Gasteiger charge is 2.18. The van der Waals surface area contributed by atoms with E-state index < -0.39 is 0 Å². The summed E-state index contributed by atoms with van der Waals surface area (Å²) in [5, 5.41) is 3.34. The van der Waals surface area contributed by atoms with E-state index in [1.807, 2.05) is 19.2 Å². The molecule has 1 aromatic carbocycles. The minimum absolute atomic E-state index is 0.260. The van der Waals surface area contributed by atoms with Gasteiger partial charge in [0, 0.05) is 0 Å². The summed E-state index contributed by atoms with van der Waals surface area (Å²) in [6.45, 7) is 3.64. The second-order valence-corrected chi connectivity index (χ2v) is 5.50. The second-order valence-electron chi connectivity index (χ2n) is 5.50. The first kappa shape index (κ1) is 15.3. The first-order valence-corrected chi connectivity index (χ1v) is 7.85. The molecule has 0 amide bonds. The van der Waals surface area contributed by atoms with Gasteiger partial charge in [0.1, 0.15) is 5.75 Å². The zero-order chi connectivity index (χ0) is 14.2. The highest BCUT2D eigenvalue weighted by molar-refractivity contribution is 5.29. The third-order valence-corrected chi connectivity index (χ3v) is 3.90. The Morgan fingerprint density at radius 2 is 1.90 bits per heavy atom. The van der Waals surface area contributed by atoms with Gasteiger partial charge in [0.2, 0.25) is 0 Å². The van der Waals surface area contributed by atoms with E-state index in [0.717, 1.165) is 25.4 Å². The van der Waals surface area contributed by atoms with Gasteiger partial charge >= 0.3 is 0 Å². The summed E-state index contributed by atoms with van der Waals surface area (Å²) in [6, 6.07) is 8.61. The molecule has 1 fully saturated rings. The summed E-state index contributed by atoms with van der Waals surface area (Å²) >= 11 is 0. The van der Waals surface area contributed by atoms with E-state index >= 15 is 0 Å². The Morgan fingerprint density at radius 1 is 1.20 bits per heavy atom. The van der Waals surface area contributed by atoms with Crippen LogP contribution in [0, 0.1) is 0 Å². The molecule has 0 heterocycles. The third-order valence-electron chi connectivity index (χ3n) is 3.90. The van der Waals surface area contributed by atoms with Crippen molar-refractivity contribution in [3.05, 3.63) is 29.8 Å². The summed E-state index contributed by atoms with van der Waals surface area (Å²) < 4.78 is 11.6. The third kappa shape index (κ3) is 4.50. The van der Waals surface area contributed by atoms with Crippen LogP contribution in [0.15, 0.2) is 24.3 Å². The number of hydrogen-bond acceptors (Lipinski definition) is 3. The molecule has 0 saturated heterocycles. The molecule has 0 radical (unpaired) electrons. The molecule has 0 bridgehead atoms. The largest absolute Gasteiger partial charge is 0.494 e. The fourth-order valence-corrected chi connectivity index (χ4v) is 2.65. The number of likely N-dealkylation sites (N-methyl/N-ethyl adjacent to an activating group) is 1. The molecule has 1 atom stereocenters. The molecule has 20 heavy (non-hydrogen) atoms. The normalized spacial score (nSPS) is 17.3. The van der Waals surface area contributed by atoms with Crippen LogP contribution >= 0.6 is 0 Å². The van der Waals surface area contributed by atoms with Gasteiger partial charge in [0.15, 0.2) is 0 Å². The van der Waals surface area contributed by atoms with E-state index in [2.05, 4.69) is 24.4 Å². The Hall–Kier alpha value is -1.06. The van der Waals surface area contributed by atoms with Crippen molar-refractivity contribution in [2.45, 2.75) is 51.2 Å². The summed E-state index contributed by atoms with van der Waals surface area (Å²) in [7, 11) is 1.99. The number of nitrogens with one attached hydrogen (secondary N) is 1. The topological polar surface area (TPSA) is 30.5 Å². The molecular weight excluding hydrogens is 250 g/mol. The summed E-state index contributed by atoms with van der Waals surface area (Å²) in [5.41, 5.74) is 1.26. The van der Waals surface area contributed by atoms with Gasteiger partial charge in [-0.15, -0.1) is 0 Å². The van der Waals surface area contributed by atoms with Gasteiger partial charge in [-0.25, -0.2) is 0 Å². The fraction of sp³-hybridized carbons (Fsp3) is 0.647. The zero-order valence-electron chi connectivity index (χ0n) is 12.7. The smallest absolute Gasteiger partial charge is 0.119 e. The maximum absolute atomic E-state index is 6.01. The zero-order valence-corrected chi connectivity index (χ0v) is 12.7. The van der Waals surface area contributed by atoms with Crippen molar-refractivity contribution in [2.75, 3.05) is 20.3 Å². The molecule has 1 unspecified atom stereocenters. The van der Waals surface area contributed by atoms with Crippen molar-refractivity contribution < 1.29 is 9.47 Å². The average molecular weight is 277 g/mol. The molecule has 1 aliphatic carbocycles. The molecule has 2 rings (SSSR count). The lowest BCUT2D eigenvalue weighted by Crippen LogP contribution is -2.24. The van der Waals surface area contributed by atoms with Crippen LogP contribution < -0.4 is 10.1 Å². The van der Waals surface area contributed by atoms with Gasteiger partial charge in [0.05, 0.1) is 25.4 Å². The highest BCUT2D eigenvalue weighted by Crippen LogP contribution is 2.23. The Balaban J connectivity index is 1.85. The predicted octanol–water partition coefficient (Wildman–Crippen LogP) is 3.70. The Labute approximate surface area is 122 Å². The molecular formula is C17H27NO2. The van der Waals surface area contributed by atoms with Crippen LogP contribution in [0.1, 0.15) is 50.6 Å². The number of ether oxygens (including phenoxy) is 2. The highest BCUT2D eigenvalue weighted by atomic mass is 16.5. The number of benzene rings is 1. The van der Waals surface area contributed by atoms with E-state index in [-0.39, 0.29) is 6.04 Å². The lowest BCUT2D eigenvalue weighted by atomic mass is 10.1. The molecule has 3 heteroatoms. The van der Waals surface area contributed by atoms with Crippen molar-refractivity contribution in [1.29, 1.82) is 0 Å².